The zero-order valence-corrected chi connectivity index (χ0v) is 4.96. The molecule has 46 valence electrons. The lowest BCUT2D eigenvalue weighted by atomic mass is 10.3. The van der Waals surface area contributed by atoms with Gasteiger partial charge in [0.2, 0.25) is 0 Å². The summed E-state index contributed by atoms with van der Waals surface area (Å²) in [7, 11) is -1.69. The van der Waals surface area contributed by atoms with Crippen molar-refractivity contribution in [2.75, 3.05) is 0 Å². The second-order valence-electron chi connectivity index (χ2n) is 1.66. The van der Waals surface area contributed by atoms with Crippen LogP contribution in [0.1, 0.15) is 13.8 Å². The normalized spacial score (nSPS) is 8.00. The van der Waals surface area contributed by atoms with E-state index >= 15 is 0 Å². The first-order valence-corrected chi connectivity index (χ1v) is 2.28. The Morgan fingerprint density at radius 1 is 1.50 bits per heavy atom. The summed E-state index contributed by atoms with van der Waals surface area (Å²) < 4.78 is 4.25. The average molecular weight is 116 g/mol. The molecular weight excluding hydrogens is 107 g/mol. The fourth-order valence-electron chi connectivity index (χ4n) is 0.197. The lowest BCUT2D eigenvalue weighted by molar-refractivity contribution is 0.256. The van der Waals surface area contributed by atoms with Gasteiger partial charge in [-0.1, -0.05) is 0 Å². The van der Waals surface area contributed by atoms with Crippen LogP contribution < -0.4 is 0 Å². The van der Waals surface area contributed by atoms with Crippen molar-refractivity contribution in [1.29, 1.82) is 0 Å². The molecule has 0 heterocycles. The molecule has 0 aliphatic heterocycles. The van der Waals surface area contributed by atoms with Crippen molar-refractivity contribution in [2.45, 2.75) is 13.8 Å². The number of hydrogen-bond acceptors (Lipinski definition) is 3. The van der Waals surface area contributed by atoms with E-state index in [9.17, 15) is 0 Å². The third-order valence-corrected chi connectivity index (χ3v) is 0.425. The molecule has 0 rings (SSSR count). The molecule has 0 saturated heterocycles. The third-order valence-electron chi connectivity index (χ3n) is 0.425. The first-order chi connectivity index (χ1) is 3.63. The molecule has 0 unspecified atom stereocenters. The van der Waals surface area contributed by atoms with Gasteiger partial charge in [0, 0.05) is 0 Å². The molecule has 0 aromatic carbocycles. The molecule has 2 N–H and O–H groups in total. The van der Waals surface area contributed by atoms with E-state index in [0.29, 0.717) is 0 Å². The molecule has 0 spiro atoms. The maximum atomic E-state index is 8.09. The first kappa shape index (κ1) is 7.52. The molecule has 3 nitrogen and oxygen atoms in total. The van der Waals surface area contributed by atoms with Gasteiger partial charge in [-0.25, -0.2) is 0 Å². The van der Waals surface area contributed by atoms with Crippen LogP contribution in [0.4, 0.5) is 0 Å². The Morgan fingerprint density at radius 3 is 2.12 bits per heavy atom. The molecule has 0 aromatic rings. The summed E-state index contributed by atoms with van der Waals surface area (Å²) in [6.45, 7) is 3.59. The fraction of sp³-hybridized carbons (Fsp3) is 0.500. The van der Waals surface area contributed by atoms with Crippen molar-refractivity contribution in [3.05, 3.63) is 11.8 Å². The molecule has 8 heavy (non-hydrogen) atoms. The highest BCUT2D eigenvalue weighted by atomic mass is 16.6. The van der Waals surface area contributed by atoms with E-state index in [-0.39, 0.29) is 0 Å². The van der Waals surface area contributed by atoms with Gasteiger partial charge < -0.3 is 14.7 Å². The Hall–Kier alpha value is -0.475. The topological polar surface area (TPSA) is 49.7 Å². The second-order valence-corrected chi connectivity index (χ2v) is 1.66. The van der Waals surface area contributed by atoms with Crippen molar-refractivity contribution < 1.29 is 14.7 Å². The smallest absolute Gasteiger partial charge is 0.518 e. The highest BCUT2D eigenvalue weighted by Gasteiger charge is 2.05. The maximum absolute atomic E-state index is 8.09. The Kier molecular flexibility index (Phi) is 3.31. The monoisotopic (exact) mass is 116 g/mol. The average Bonchev–Trinajstić information content (AvgIpc) is 1.61. The quantitative estimate of drug-likeness (QED) is 0.391. The minimum atomic E-state index is -1.69. The van der Waals surface area contributed by atoms with Gasteiger partial charge in [-0.2, -0.15) is 0 Å². The first-order valence-electron chi connectivity index (χ1n) is 2.28. The number of hydrogen-bond donors (Lipinski definition) is 2. The SMILES string of the molecule is CC(C)=COB(O)O. The van der Waals surface area contributed by atoms with E-state index in [0.717, 1.165) is 5.57 Å². The highest BCUT2D eigenvalue weighted by Crippen LogP contribution is 1.88. The second kappa shape index (κ2) is 3.52. The Morgan fingerprint density at radius 2 is 2.00 bits per heavy atom. The summed E-state index contributed by atoms with van der Waals surface area (Å²) in [5, 5.41) is 16.2. The molecule has 0 aliphatic rings. The summed E-state index contributed by atoms with van der Waals surface area (Å²) in [5.41, 5.74) is 0.887. The summed E-state index contributed by atoms with van der Waals surface area (Å²) in [6.07, 6.45) is 1.28. The van der Waals surface area contributed by atoms with Crippen molar-refractivity contribution in [1.82, 2.24) is 0 Å². The number of allylic oxidation sites excluding steroid dienone is 1. The van der Waals surface area contributed by atoms with Crippen molar-refractivity contribution in [3.63, 3.8) is 0 Å². The summed E-state index contributed by atoms with van der Waals surface area (Å²) in [5.74, 6) is 0. The van der Waals surface area contributed by atoms with Gasteiger partial charge in [0.1, 0.15) is 0 Å². The van der Waals surface area contributed by atoms with Crippen LogP contribution in [0, 0.1) is 0 Å². The zero-order valence-electron chi connectivity index (χ0n) is 4.96. The number of rotatable bonds is 2. The molecule has 0 atom stereocenters. The van der Waals surface area contributed by atoms with Gasteiger partial charge in [0.15, 0.2) is 0 Å². The maximum Gasteiger partial charge on any atom is 0.707 e. The molecule has 0 fully saturated rings. The van der Waals surface area contributed by atoms with E-state index in [1.807, 2.05) is 0 Å². The Labute approximate surface area is 48.8 Å². The van der Waals surface area contributed by atoms with E-state index < -0.39 is 7.32 Å². The third kappa shape index (κ3) is 5.52. The van der Waals surface area contributed by atoms with Crippen molar-refractivity contribution in [3.8, 4) is 0 Å². The van der Waals surface area contributed by atoms with Gasteiger partial charge in [0.25, 0.3) is 0 Å². The molecule has 0 bridgehead atoms. The predicted octanol–water partition coefficient (Wildman–Crippen LogP) is -0.104. The molecule has 0 radical (unpaired) electrons. The van der Waals surface area contributed by atoms with Crippen LogP contribution in [-0.4, -0.2) is 17.4 Å². The lowest BCUT2D eigenvalue weighted by Crippen LogP contribution is -2.12. The van der Waals surface area contributed by atoms with Gasteiger partial charge >= 0.3 is 7.32 Å². The molecule has 0 amide bonds. The van der Waals surface area contributed by atoms with Gasteiger partial charge in [-0.3, -0.25) is 0 Å². The highest BCUT2D eigenvalue weighted by molar-refractivity contribution is 6.32. The van der Waals surface area contributed by atoms with E-state index in [1.54, 1.807) is 13.8 Å². The Bertz CT molecular complexity index is 85.3. The summed E-state index contributed by atoms with van der Waals surface area (Å²) >= 11 is 0. The molecule has 4 heteroatoms. The van der Waals surface area contributed by atoms with E-state index in [1.165, 1.54) is 6.26 Å². The largest absolute Gasteiger partial charge is 0.707 e. The minimum absolute atomic E-state index is 0.887. The molecule has 0 aromatic heterocycles. The van der Waals surface area contributed by atoms with Crippen molar-refractivity contribution in [2.24, 2.45) is 0 Å². The summed E-state index contributed by atoms with van der Waals surface area (Å²) in [4.78, 5) is 0. The van der Waals surface area contributed by atoms with Gasteiger partial charge in [-0.15, -0.1) is 0 Å². The van der Waals surface area contributed by atoms with Gasteiger partial charge in [-0.05, 0) is 19.4 Å². The minimum Gasteiger partial charge on any atom is -0.518 e. The van der Waals surface area contributed by atoms with Crippen LogP contribution in [0.25, 0.3) is 0 Å². The molecule has 0 aliphatic carbocycles. The zero-order chi connectivity index (χ0) is 6.57. The molecule has 0 saturated carbocycles. The van der Waals surface area contributed by atoms with Crippen molar-refractivity contribution >= 4 is 7.32 Å². The molecular formula is C4H9BO3. The van der Waals surface area contributed by atoms with Crippen LogP contribution in [0.5, 0.6) is 0 Å². The van der Waals surface area contributed by atoms with E-state index in [4.69, 9.17) is 10.0 Å². The van der Waals surface area contributed by atoms with Crippen LogP contribution in [0.3, 0.4) is 0 Å². The van der Waals surface area contributed by atoms with E-state index in [2.05, 4.69) is 4.65 Å². The van der Waals surface area contributed by atoms with Gasteiger partial charge in [0.05, 0.1) is 6.26 Å². The standard InChI is InChI=1S/C4H9BO3/c1-4(2)3-8-5(6)7/h3,6-7H,1-2H3. The fourth-order valence-corrected chi connectivity index (χ4v) is 0.197. The summed E-state index contributed by atoms with van der Waals surface area (Å²) in [6, 6.07) is 0. The van der Waals surface area contributed by atoms with Crippen LogP contribution in [0.15, 0.2) is 11.8 Å². The lowest BCUT2D eigenvalue weighted by Gasteiger charge is -1.95. The predicted molar refractivity (Wildman–Crippen MR) is 30.7 cm³/mol. The van der Waals surface area contributed by atoms with Crippen LogP contribution in [-0.2, 0) is 4.65 Å². The Balaban J connectivity index is 3.29. The van der Waals surface area contributed by atoms with Crippen LogP contribution in [0.2, 0.25) is 0 Å². The van der Waals surface area contributed by atoms with Crippen LogP contribution >= 0.6 is 0 Å².